The van der Waals surface area contributed by atoms with Crippen molar-refractivity contribution in [3.05, 3.63) is 29.8 Å². The molecule has 0 heterocycles. The summed E-state index contributed by atoms with van der Waals surface area (Å²) in [5, 5.41) is 2.92. The minimum Gasteiger partial charge on any atom is -0.494 e. The predicted octanol–water partition coefficient (Wildman–Crippen LogP) is 3.41. The Kier molecular flexibility index (Phi) is 9.72. The number of carbonyl (C=O) groups excluding carboxylic acids is 2. The van der Waals surface area contributed by atoms with Gasteiger partial charge in [-0.05, 0) is 37.1 Å². The summed E-state index contributed by atoms with van der Waals surface area (Å²) in [6, 6.07) is 7.65. The van der Waals surface area contributed by atoms with Crippen LogP contribution in [0.2, 0.25) is 0 Å². The highest BCUT2D eigenvalue weighted by molar-refractivity contribution is 5.88. The highest BCUT2D eigenvalue weighted by Crippen LogP contribution is 2.17. The first-order chi connectivity index (χ1) is 12.3. The molecule has 1 aromatic carbocycles. The van der Waals surface area contributed by atoms with E-state index >= 15 is 0 Å². The van der Waals surface area contributed by atoms with Crippen LogP contribution in [-0.4, -0.2) is 37.8 Å². The topological polar surface area (TPSA) is 64.6 Å². The average molecular weight is 375 g/mol. The molecular weight excluding hydrogens is 351 g/mol. The van der Waals surface area contributed by atoms with Crippen molar-refractivity contribution >= 4 is 11.9 Å². The van der Waals surface area contributed by atoms with Crippen LogP contribution in [0.3, 0.4) is 0 Å². The van der Waals surface area contributed by atoms with E-state index in [1.54, 1.807) is 0 Å². The Labute approximate surface area is 150 Å². The number of esters is 2. The summed E-state index contributed by atoms with van der Waals surface area (Å²) in [5.41, 5.74) is 1.04. The molecule has 5 nitrogen and oxygen atoms in total. The highest BCUT2D eigenvalue weighted by atomic mass is 19.4. The fourth-order valence-corrected chi connectivity index (χ4v) is 2.09. The van der Waals surface area contributed by atoms with Crippen LogP contribution < -0.4 is 10.1 Å². The molecule has 0 aliphatic carbocycles. The van der Waals surface area contributed by atoms with Gasteiger partial charge in [-0.1, -0.05) is 31.9 Å². The van der Waals surface area contributed by atoms with Crippen molar-refractivity contribution in [1.29, 1.82) is 0 Å². The third kappa shape index (κ3) is 9.41. The molecule has 8 heteroatoms. The van der Waals surface area contributed by atoms with E-state index in [2.05, 4.69) is 17.0 Å². The quantitative estimate of drug-likeness (QED) is 0.365. The number of carbonyl (C=O) groups is 2. The van der Waals surface area contributed by atoms with Gasteiger partial charge < -0.3 is 14.8 Å². The molecule has 0 aliphatic rings. The van der Waals surface area contributed by atoms with Crippen LogP contribution in [0, 0.1) is 0 Å². The summed E-state index contributed by atoms with van der Waals surface area (Å²) in [6.45, 7) is 3.45. The zero-order valence-electron chi connectivity index (χ0n) is 14.7. The number of alkyl halides is 3. The molecule has 0 unspecified atom stereocenters. The minimum absolute atomic E-state index is 0.122. The Morgan fingerprint density at radius 2 is 1.92 bits per heavy atom. The zero-order valence-corrected chi connectivity index (χ0v) is 14.7. The van der Waals surface area contributed by atoms with Crippen molar-refractivity contribution in [3.8, 4) is 5.75 Å². The number of unbranched alkanes of at least 4 members (excludes halogenated alkanes) is 2. The zero-order chi connectivity index (χ0) is 19.4. The summed E-state index contributed by atoms with van der Waals surface area (Å²) in [4.78, 5) is 21.6. The van der Waals surface area contributed by atoms with Gasteiger partial charge in [-0.2, -0.15) is 13.2 Å². The molecule has 0 saturated heterocycles. The van der Waals surface area contributed by atoms with Crippen molar-refractivity contribution in [2.75, 3.05) is 19.7 Å². The predicted molar refractivity (Wildman–Crippen MR) is 89.8 cm³/mol. The fraction of sp³-hybridized carbons (Fsp3) is 0.556. The van der Waals surface area contributed by atoms with E-state index < -0.39 is 18.1 Å². The number of nitrogens with one attached hydrogen (secondary N) is 1. The van der Waals surface area contributed by atoms with E-state index in [9.17, 15) is 22.8 Å². The van der Waals surface area contributed by atoms with Gasteiger partial charge in [0.05, 0.1) is 13.0 Å². The Morgan fingerprint density at radius 3 is 2.62 bits per heavy atom. The Bertz CT molecular complexity index is 576. The third-order valence-corrected chi connectivity index (χ3v) is 3.45. The molecule has 0 amide bonds. The molecule has 1 aromatic rings. The first kappa shape index (κ1) is 22.0. The Morgan fingerprint density at radius 1 is 1.15 bits per heavy atom. The molecule has 0 aromatic heterocycles. The van der Waals surface area contributed by atoms with Gasteiger partial charge in [0.15, 0.2) is 0 Å². The van der Waals surface area contributed by atoms with Crippen LogP contribution in [0.15, 0.2) is 24.3 Å². The second-order valence-corrected chi connectivity index (χ2v) is 5.71. The summed E-state index contributed by atoms with van der Waals surface area (Å²) in [7, 11) is 0. The number of benzene rings is 1. The average Bonchev–Trinajstić information content (AvgIpc) is 2.58. The maximum atomic E-state index is 11.9. The van der Waals surface area contributed by atoms with Crippen molar-refractivity contribution in [3.63, 3.8) is 0 Å². The normalized spacial score (nSPS) is 11.2. The lowest BCUT2D eigenvalue weighted by molar-refractivity contribution is -0.201. The van der Waals surface area contributed by atoms with Gasteiger partial charge in [-0.3, -0.25) is 4.79 Å². The van der Waals surface area contributed by atoms with Crippen LogP contribution in [0.5, 0.6) is 5.75 Å². The van der Waals surface area contributed by atoms with Crippen LogP contribution >= 0.6 is 0 Å². The van der Waals surface area contributed by atoms with Gasteiger partial charge in [-0.25, -0.2) is 4.79 Å². The van der Waals surface area contributed by atoms with E-state index in [-0.39, 0.29) is 13.0 Å². The Hall–Kier alpha value is -2.09. The van der Waals surface area contributed by atoms with E-state index in [1.807, 2.05) is 24.3 Å². The largest absolute Gasteiger partial charge is 0.494 e. The van der Waals surface area contributed by atoms with Crippen LogP contribution in [-0.2, 0) is 20.7 Å². The summed E-state index contributed by atoms with van der Waals surface area (Å²) < 4.78 is 45.2. The van der Waals surface area contributed by atoms with E-state index in [0.717, 1.165) is 30.6 Å². The number of ether oxygens (including phenoxy) is 2. The summed E-state index contributed by atoms with van der Waals surface area (Å²) in [5.74, 6) is -2.90. The maximum Gasteiger partial charge on any atom is 0.491 e. The van der Waals surface area contributed by atoms with Crippen molar-refractivity contribution in [2.45, 2.75) is 45.2 Å². The standard InChI is InChI=1S/C18H24F3NO4/c1-2-3-4-12-25-15-7-5-6-14(13-15)8-10-22-11-9-16(23)26-17(24)18(19,20)21/h5-7,13,22H,2-4,8-12H2,1H3. The molecule has 0 spiro atoms. The van der Waals surface area contributed by atoms with Gasteiger partial charge in [0.1, 0.15) is 5.75 Å². The van der Waals surface area contributed by atoms with E-state index in [1.165, 1.54) is 0 Å². The van der Waals surface area contributed by atoms with Gasteiger partial charge in [0, 0.05) is 6.54 Å². The lowest BCUT2D eigenvalue weighted by Gasteiger charge is -2.09. The van der Waals surface area contributed by atoms with Crippen LogP contribution in [0.25, 0.3) is 0 Å². The second kappa shape index (κ2) is 11.5. The smallest absolute Gasteiger partial charge is 0.491 e. The SMILES string of the molecule is CCCCCOc1cccc(CCNCCC(=O)OC(=O)C(F)(F)F)c1. The van der Waals surface area contributed by atoms with Gasteiger partial charge >= 0.3 is 18.1 Å². The maximum absolute atomic E-state index is 11.9. The molecule has 146 valence electrons. The molecular formula is C18H24F3NO4. The monoisotopic (exact) mass is 375 g/mol. The van der Waals surface area contributed by atoms with Gasteiger partial charge in [0.2, 0.25) is 0 Å². The molecule has 0 radical (unpaired) electrons. The van der Waals surface area contributed by atoms with E-state index in [4.69, 9.17) is 4.74 Å². The van der Waals surface area contributed by atoms with Gasteiger partial charge in [-0.15, -0.1) is 0 Å². The highest BCUT2D eigenvalue weighted by Gasteiger charge is 2.42. The first-order valence-corrected chi connectivity index (χ1v) is 8.57. The molecule has 0 bridgehead atoms. The molecule has 1 N–H and O–H groups in total. The van der Waals surface area contributed by atoms with Gasteiger partial charge in [0.25, 0.3) is 0 Å². The lowest BCUT2D eigenvalue weighted by atomic mass is 10.1. The summed E-state index contributed by atoms with van der Waals surface area (Å²) >= 11 is 0. The van der Waals surface area contributed by atoms with Crippen LogP contribution in [0.1, 0.15) is 38.2 Å². The molecule has 0 fully saturated rings. The number of hydrogen-bond donors (Lipinski definition) is 1. The van der Waals surface area contributed by atoms with E-state index in [0.29, 0.717) is 19.6 Å². The van der Waals surface area contributed by atoms with Crippen molar-refractivity contribution in [2.24, 2.45) is 0 Å². The third-order valence-electron chi connectivity index (χ3n) is 3.45. The molecule has 0 aliphatic heterocycles. The fourth-order valence-electron chi connectivity index (χ4n) is 2.09. The van der Waals surface area contributed by atoms with Crippen molar-refractivity contribution in [1.82, 2.24) is 5.32 Å². The van der Waals surface area contributed by atoms with Crippen LogP contribution in [0.4, 0.5) is 13.2 Å². The molecule has 0 saturated carbocycles. The Balaban J connectivity index is 2.21. The number of hydrogen-bond acceptors (Lipinski definition) is 5. The second-order valence-electron chi connectivity index (χ2n) is 5.71. The van der Waals surface area contributed by atoms with Crippen molar-refractivity contribution < 1.29 is 32.2 Å². The number of halogens is 3. The number of rotatable bonds is 11. The molecule has 0 atom stereocenters. The first-order valence-electron chi connectivity index (χ1n) is 8.57. The summed E-state index contributed by atoms with van der Waals surface area (Å²) in [6.07, 6.45) is -1.54. The molecule has 26 heavy (non-hydrogen) atoms. The lowest BCUT2D eigenvalue weighted by Crippen LogP contribution is -2.29. The molecule has 1 rings (SSSR count). The minimum atomic E-state index is -5.16.